The maximum atomic E-state index is 12.6. The number of nitrogen functional groups attached to an aromatic ring is 1. The number of amides is 1. The number of carboxylic acids is 1. The van der Waals surface area contributed by atoms with Crippen molar-refractivity contribution in [1.29, 1.82) is 0 Å². The van der Waals surface area contributed by atoms with E-state index in [1.54, 1.807) is 12.1 Å². The van der Waals surface area contributed by atoms with Gasteiger partial charge in [-0.1, -0.05) is 6.58 Å². The van der Waals surface area contributed by atoms with Crippen molar-refractivity contribution in [2.45, 2.75) is 32.4 Å². The van der Waals surface area contributed by atoms with Crippen molar-refractivity contribution < 1.29 is 38.9 Å². The number of nitrogens with zero attached hydrogens (tertiary/aromatic N) is 4. The van der Waals surface area contributed by atoms with Gasteiger partial charge in [-0.3, -0.25) is 9.59 Å². The van der Waals surface area contributed by atoms with Crippen molar-refractivity contribution in [2.75, 3.05) is 24.3 Å². The molecule has 0 saturated carbocycles. The minimum Gasteiger partial charge on any atom is -0.492 e. The maximum Gasteiger partial charge on any atom is 0.333 e. The summed E-state index contributed by atoms with van der Waals surface area (Å²) in [5.74, 6) is -3.78. The van der Waals surface area contributed by atoms with Gasteiger partial charge < -0.3 is 36.1 Å². The normalized spacial score (nSPS) is 11.3. The van der Waals surface area contributed by atoms with E-state index in [0.717, 1.165) is 0 Å². The first-order valence-electron chi connectivity index (χ1n) is 11.9. The van der Waals surface area contributed by atoms with E-state index in [1.807, 2.05) is 0 Å². The summed E-state index contributed by atoms with van der Waals surface area (Å²) < 4.78 is 9.70. The molecule has 0 aliphatic carbocycles. The van der Waals surface area contributed by atoms with Crippen LogP contribution in [0.25, 0.3) is 11.2 Å². The van der Waals surface area contributed by atoms with Crippen LogP contribution in [0, 0.1) is 0 Å². The molecule has 15 nitrogen and oxygen atoms in total. The lowest BCUT2D eigenvalue weighted by atomic mass is 10.1. The van der Waals surface area contributed by atoms with Gasteiger partial charge in [-0.25, -0.2) is 19.6 Å². The molecule has 40 heavy (non-hydrogen) atoms. The Morgan fingerprint density at radius 1 is 1.07 bits per heavy atom. The van der Waals surface area contributed by atoms with E-state index < -0.39 is 29.9 Å². The van der Waals surface area contributed by atoms with E-state index >= 15 is 0 Å². The van der Waals surface area contributed by atoms with Crippen LogP contribution in [0.1, 0.15) is 35.8 Å². The molecule has 210 valence electrons. The second-order valence-corrected chi connectivity index (χ2v) is 8.41. The molecule has 3 aromatic rings. The number of nitrogens with two attached hydrogens (primary N) is 1. The Hall–Kier alpha value is -5.34. The Kier molecular flexibility index (Phi) is 9.83. The third kappa shape index (κ3) is 8.34. The van der Waals surface area contributed by atoms with Gasteiger partial charge in [0.05, 0.1) is 18.4 Å². The Balaban J connectivity index is 1.48. The van der Waals surface area contributed by atoms with Gasteiger partial charge in [-0.15, -0.1) is 0 Å². The summed E-state index contributed by atoms with van der Waals surface area (Å²) in [5, 5.41) is 24.8. The van der Waals surface area contributed by atoms with Gasteiger partial charge >= 0.3 is 17.9 Å². The van der Waals surface area contributed by atoms with E-state index in [0.29, 0.717) is 11.4 Å². The number of aliphatic carboxylic acids is 1. The van der Waals surface area contributed by atoms with E-state index in [-0.39, 0.29) is 66.7 Å². The van der Waals surface area contributed by atoms with Crippen molar-refractivity contribution in [3.63, 3.8) is 0 Å². The predicted octanol–water partition coefficient (Wildman–Crippen LogP) is 0.945. The lowest BCUT2D eigenvalue weighted by Gasteiger charge is -2.15. The first-order valence-corrected chi connectivity index (χ1v) is 11.9. The molecule has 0 spiro atoms. The number of hydrogen-bond acceptors (Lipinski definition) is 13. The number of fused-ring (bicyclic) bond motifs is 1. The number of rotatable bonds is 13. The molecule has 0 bridgehead atoms. The first kappa shape index (κ1) is 29.2. The summed E-state index contributed by atoms with van der Waals surface area (Å²) in [6.07, 6.45) is 0.984. The number of carbonyl (C=O) groups excluding carboxylic acids is 3. The zero-order valence-electron chi connectivity index (χ0n) is 21.4. The standard InChI is InChI=1S/C25H27N7O8/c1-13(2)24(38)40-10-9-39-18(33)8-7-17(23(36)37)30-21(34)14-3-5-15(6-4-14)27-11-16-12-28-20-19(29-16)22(35)32-25(26)31-20/h3-6,12,17,27H,1,7-11H2,2H3,(H,30,34)(H,36,37)(H3,26,28,31,32,35)/t17-/m0/s1. The quantitative estimate of drug-likeness (QED) is 0.113. The van der Waals surface area contributed by atoms with Crippen LogP contribution < -0.4 is 16.4 Å². The molecule has 1 aromatic carbocycles. The molecule has 0 saturated heterocycles. The molecule has 2 aromatic heterocycles. The molecule has 0 aliphatic heterocycles. The molecule has 6 N–H and O–H groups in total. The summed E-state index contributed by atoms with van der Waals surface area (Å²) in [6, 6.07) is 4.87. The van der Waals surface area contributed by atoms with Crippen LogP contribution in [0.4, 0.5) is 11.6 Å². The first-order chi connectivity index (χ1) is 19.0. The van der Waals surface area contributed by atoms with Crippen LogP contribution in [-0.4, -0.2) is 73.2 Å². The fraction of sp³-hybridized carbons (Fsp3) is 0.280. The van der Waals surface area contributed by atoms with Crippen LogP contribution in [0.2, 0.25) is 0 Å². The molecule has 2 heterocycles. The highest BCUT2D eigenvalue weighted by Crippen LogP contribution is 2.19. The van der Waals surface area contributed by atoms with E-state index in [4.69, 9.17) is 15.2 Å². The molecule has 0 fully saturated rings. The smallest absolute Gasteiger partial charge is 0.333 e. The number of anilines is 2. The lowest BCUT2D eigenvalue weighted by molar-refractivity contribution is -0.150. The number of hydrogen-bond donors (Lipinski definition) is 5. The van der Waals surface area contributed by atoms with Gasteiger partial charge in [0, 0.05) is 23.2 Å². The van der Waals surface area contributed by atoms with Crippen LogP contribution in [0.5, 0.6) is 5.88 Å². The van der Waals surface area contributed by atoms with E-state index in [1.165, 1.54) is 25.3 Å². The van der Waals surface area contributed by atoms with Crippen molar-refractivity contribution >= 4 is 46.6 Å². The molecule has 0 radical (unpaired) electrons. The lowest BCUT2D eigenvalue weighted by Crippen LogP contribution is -2.41. The molecule has 0 unspecified atom stereocenters. The highest BCUT2D eigenvalue weighted by atomic mass is 16.6. The van der Waals surface area contributed by atoms with E-state index in [2.05, 4.69) is 37.1 Å². The van der Waals surface area contributed by atoms with Gasteiger partial charge in [0.15, 0.2) is 11.2 Å². The number of carboxylic acid groups (broad SMARTS) is 1. The minimum absolute atomic E-state index is 0.103. The van der Waals surface area contributed by atoms with Gasteiger partial charge in [-0.05, 0) is 37.6 Å². The van der Waals surface area contributed by atoms with E-state index in [9.17, 15) is 29.4 Å². The number of carbonyl (C=O) groups is 4. The zero-order valence-corrected chi connectivity index (χ0v) is 21.4. The third-order valence-corrected chi connectivity index (χ3v) is 5.25. The fourth-order valence-corrected chi connectivity index (χ4v) is 3.21. The molecule has 1 atom stereocenters. The largest absolute Gasteiger partial charge is 0.492 e. The Morgan fingerprint density at radius 3 is 2.45 bits per heavy atom. The SMILES string of the molecule is C=C(C)C(=O)OCCOC(=O)CC[C@H](NC(=O)c1ccc(NCc2cnc3nc(N)nc(O)c3n2)cc1)C(=O)O. The maximum absolute atomic E-state index is 12.6. The summed E-state index contributed by atoms with van der Waals surface area (Å²) >= 11 is 0. The van der Waals surface area contributed by atoms with Gasteiger partial charge in [0.25, 0.3) is 5.91 Å². The summed E-state index contributed by atoms with van der Waals surface area (Å²) in [5.41, 5.74) is 7.25. The molecule has 0 aliphatic rings. The zero-order chi connectivity index (χ0) is 29.2. The summed E-state index contributed by atoms with van der Waals surface area (Å²) in [7, 11) is 0. The summed E-state index contributed by atoms with van der Waals surface area (Å²) in [4.78, 5) is 63.2. The molecule has 3 rings (SSSR count). The van der Waals surface area contributed by atoms with Crippen LogP contribution in [0.15, 0.2) is 42.6 Å². The van der Waals surface area contributed by atoms with Crippen LogP contribution >= 0.6 is 0 Å². The Morgan fingerprint density at radius 2 is 1.77 bits per heavy atom. The second-order valence-electron chi connectivity index (χ2n) is 8.41. The highest BCUT2D eigenvalue weighted by molar-refractivity contribution is 5.97. The number of aromatic nitrogens is 4. The average Bonchev–Trinajstić information content (AvgIpc) is 2.92. The van der Waals surface area contributed by atoms with Gasteiger partial charge in [0.2, 0.25) is 11.8 Å². The van der Waals surface area contributed by atoms with Crippen molar-refractivity contribution in [1.82, 2.24) is 25.3 Å². The van der Waals surface area contributed by atoms with Crippen LogP contribution in [0.3, 0.4) is 0 Å². The van der Waals surface area contributed by atoms with Crippen molar-refractivity contribution in [3.05, 3.63) is 53.9 Å². The van der Waals surface area contributed by atoms with Crippen molar-refractivity contribution in [2.24, 2.45) is 0 Å². The third-order valence-electron chi connectivity index (χ3n) is 5.25. The Labute approximate surface area is 227 Å². The minimum atomic E-state index is -1.33. The number of ether oxygens (including phenoxy) is 2. The molecular weight excluding hydrogens is 526 g/mol. The number of nitrogens with one attached hydrogen (secondary N) is 2. The Bertz CT molecular complexity index is 1430. The molecular formula is C25H27N7O8. The fourth-order valence-electron chi connectivity index (χ4n) is 3.21. The highest BCUT2D eigenvalue weighted by Gasteiger charge is 2.22. The number of esters is 2. The van der Waals surface area contributed by atoms with Gasteiger partial charge in [0.1, 0.15) is 19.3 Å². The molecule has 15 heteroatoms. The predicted molar refractivity (Wildman–Crippen MR) is 140 cm³/mol. The average molecular weight is 554 g/mol. The number of benzene rings is 1. The summed E-state index contributed by atoms with van der Waals surface area (Å²) in [6.45, 7) is 4.77. The van der Waals surface area contributed by atoms with Gasteiger partial charge in [-0.2, -0.15) is 9.97 Å². The molecule has 1 amide bonds. The monoisotopic (exact) mass is 553 g/mol. The second kappa shape index (κ2) is 13.5. The van der Waals surface area contributed by atoms with Crippen LogP contribution in [-0.2, 0) is 30.4 Å². The number of aromatic hydroxyl groups is 1. The van der Waals surface area contributed by atoms with Crippen molar-refractivity contribution in [3.8, 4) is 5.88 Å². The topological polar surface area (TPSA) is 229 Å².